The Hall–Kier alpha value is -3.07. The highest BCUT2D eigenvalue weighted by atomic mass is 79.9. The van der Waals surface area contributed by atoms with E-state index in [2.05, 4.69) is 21.2 Å². The molecule has 2 amide bonds. The van der Waals surface area contributed by atoms with Crippen LogP contribution in [-0.4, -0.2) is 40.6 Å². The molecule has 0 aromatic heterocycles. The van der Waals surface area contributed by atoms with Crippen LogP contribution in [-0.2, 0) is 32.3 Å². The van der Waals surface area contributed by atoms with Gasteiger partial charge in [-0.25, -0.2) is 9.59 Å². The van der Waals surface area contributed by atoms with E-state index in [4.69, 9.17) is 14.3 Å². The van der Waals surface area contributed by atoms with E-state index in [0.717, 1.165) is 16.2 Å². The second kappa shape index (κ2) is 9.92. The van der Waals surface area contributed by atoms with Crippen molar-refractivity contribution in [3.8, 4) is 0 Å². The zero-order valence-electron chi connectivity index (χ0n) is 15.3. The Bertz CT molecular complexity index is 781. The molecule has 2 atom stereocenters. The fourth-order valence-corrected chi connectivity index (χ4v) is 3.29. The first kappa shape index (κ1) is 20.7. The third-order valence-electron chi connectivity index (χ3n) is 4.19. The molecule has 0 aliphatic carbocycles. The van der Waals surface area contributed by atoms with Gasteiger partial charge in [0.1, 0.15) is 25.3 Å². The van der Waals surface area contributed by atoms with Crippen molar-refractivity contribution in [1.82, 2.24) is 10.4 Å². The van der Waals surface area contributed by atoms with Gasteiger partial charge in [0.05, 0.1) is 0 Å². The summed E-state index contributed by atoms with van der Waals surface area (Å²) < 4.78 is 10.1. The van der Waals surface area contributed by atoms with Crippen LogP contribution in [0.15, 0.2) is 60.7 Å². The van der Waals surface area contributed by atoms with Gasteiger partial charge in [-0.2, -0.15) is 5.06 Å². The number of carbonyl (C=O) groups is 3. The van der Waals surface area contributed by atoms with E-state index in [-0.39, 0.29) is 18.5 Å². The minimum Gasteiger partial charge on any atom is -0.445 e. The summed E-state index contributed by atoms with van der Waals surface area (Å²) in [6, 6.07) is 16.8. The summed E-state index contributed by atoms with van der Waals surface area (Å²) in [5.74, 6) is -0.567. The van der Waals surface area contributed by atoms with E-state index in [1.807, 2.05) is 48.5 Å². The summed E-state index contributed by atoms with van der Waals surface area (Å²) in [6.07, 6.45) is -1.73. The number of halogens is 1. The number of alkyl halides is 1. The smallest absolute Gasteiger partial charge is 0.445 e. The molecule has 3 rings (SSSR count). The van der Waals surface area contributed by atoms with Crippen LogP contribution in [0.2, 0.25) is 0 Å². The summed E-state index contributed by atoms with van der Waals surface area (Å²) >= 11 is 3.25. The van der Waals surface area contributed by atoms with E-state index in [9.17, 15) is 14.4 Å². The van der Waals surface area contributed by atoms with E-state index in [1.54, 1.807) is 12.1 Å². The van der Waals surface area contributed by atoms with Crippen molar-refractivity contribution in [3.05, 3.63) is 71.8 Å². The fourth-order valence-electron chi connectivity index (χ4n) is 2.66. The molecule has 2 aromatic carbocycles. The molecule has 1 heterocycles. The normalized spacial score (nSPS) is 17.8. The van der Waals surface area contributed by atoms with Crippen LogP contribution < -0.4 is 5.32 Å². The average Bonchev–Trinajstić information content (AvgIpc) is 2.76. The van der Waals surface area contributed by atoms with Crippen LogP contribution in [0.3, 0.4) is 0 Å². The van der Waals surface area contributed by atoms with Crippen molar-refractivity contribution in [3.63, 3.8) is 0 Å². The zero-order chi connectivity index (χ0) is 20.6. The molecule has 1 fully saturated rings. The lowest BCUT2D eigenvalue weighted by molar-refractivity contribution is -0.213. The first-order valence-electron chi connectivity index (χ1n) is 8.83. The predicted molar refractivity (Wildman–Crippen MR) is 106 cm³/mol. The molecule has 0 unspecified atom stereocenters. The number of ether oxygens (including phenoxy) is 2. The highest BCUT2D eigenvalue weighted by molar-refractivity contribution is 9.09. The number of hydroxylamine groups is 2. The van der Waals surface area contributed by atoms with Crippen molar-refractivity contribution < 1.29 is 28.7 Å². The second-order valence-corrected chi connectivity index (χ2v) is 6.83. The number of hydrogen-bond acceptors (Lipinski definition) is 6. The highest BCUT2D eigenvalue weighted by Gasteiger charge is 2.51. The monoisotopic (exact) mass is 462 g/mol. The third-order valence-corrected chi connectivity index (χ3v) is 4.85. The summed E-state index contributed by atoms with van der Waals surface area (Å²) in [5, 5.41) is 3.65. The Morgan fingerprint density at radius 1 is 0.931 bits per heavy atom. The van der Waals surface area contributed by atoms with Crippen molar-refractivity contribution in [2.45, 2.75) is 25.3 Å². The summed E-state index contributed by atoms with van der Waals surface area (Å²) in [7, 11) is 0. The highest BCUT2D eigenvalue weighted by Crippen LogP contribution is 2.23. The minimum atomic E-state index is -1.00. The fraction of sp³-hybridized carbons (Fsp3) is 0.250. The van der Waals surface area contributed by atoms with Gasteiger partial charge in [-0.05, 0) is 11.1 Å². The van der Waals surface area contributed by atoms with Crippen molar-refractivity contribution in [1.29, 1.82) is 0 Å². The largest absolute Gasteiger partial charge is 0.533 e. The molecule has 0 bridgehead atoms. The Morgan fingerprint density at radius 3 is 2.03 bits per heavy atom. The molecule has 9 heteroatoms. The first-order valence-corrected chi connectivity index (χ1v) is 9.95. The van der Waals surface area contributed by atoms with Crippen LogP contribution in [0, 0.1) is 0 Å². The molecular weight excluding hydrogens is 444 g/mol. The molecule has 8 nitrogen and oxygen atoms in total. The second-order valence-electron chi connectivity index (χ2n) is 6.18. The van der Waals surface area contributed by atoms with Gasteiger partial charge in [0, 0.05) is 5.33 Å². The predicted octanol–water partition coefficient (Wildman–Crippen LogP) is 3.16. The van der Waals surface area contributed by atoms with E-state index in [0.29, 0.717) is 0 Å². The standard InChI is InChI=1S/C20H19BrN2O6/c21-11-16-17(22-19(25)27-12-14-7-3-1-4-8-14)18(24)23(16)29-20(26)28-13-15-9-5-2-6-10-15/h1-10,16-17H,11-13H2,(H,22,25)/t16-,17+/m1/s1. The van der Waals surface area contributed by atoms with Gasteiger partial charge in [0.25, 0.3) is 5.91 Å². The number of carbonyl (C=O) groups excluding carboxylic acids is 3. The molecule has 1 aliphatic heterocycles. The summed E-state index contributed by atoms with van der Waals surface area (Å²) in [4.78, 5) is 41.0. The molecular formula is C20H19BrN2O6. The van der Waals surface area contributed by atoms with Gasteiger partial charge in [-0.15, -0.1) is 0 Å². The maximum absolute atomic E-state index is 12.3. The van der Waals surface area contributed by atoms with Crippen LogP contribution in [0.4, 0.5) is 9.59 Å². The van der Waals surface area contributed by atoms with Gasteiger partial charge in [0.15, 0.2) is 0 Å². The number of hydrogen-bond donors (Lipinski definition) is 1. The molecule has 1 saturated heterocycles. The number of nitrogens with zero attached hydrogens (tertiary/aromatic N) is 1. The number of β-lactam (4-membered cyclic amide) rings is 1. The van der Waals surface area contributed by atoms with Gasteiger partial charge < -0.3 is 19.6 Å². The molecule has 1 N–H and O–H groups in total. The first-order chi connectivity index (χ1) is 14.1. The van der Waals surface area contributed by atoms with Crippen molar-refractivity contribution in [2.75, 3.05) is 5.33 Å². The van der Waals surface area contributed by atoms with Gasteiger partial charge >= 0.3 is 12.2 Å². The molecule has 152 valence electrons. The van der Waals surface area contributed by atoms with Crippen LogP contribution >= 0.6 is 15.9 Å². The van der Waals surface area contributed by atoms with Gasteiger partial charge in [-0.3, -0.25) is 4.79 Å². The SMILES string of the molecule is O=C(N[C@@H]1C(=O)N(OC(=O)OCc2ccccc2)[C@@H]1CBr)OCc1ccccc1. The lowest BCUT2D eigenvalue weighted by Crippen LogP contribution is -2.71. The lowest BCUT2D eigenvalue weighted by atomic mass is 10.0. The maximum atomic E-state index is 12.3. The average molecular weight is 463 g/mol. The van der Waals surface area contributed by atoms with Gasteiger partial charge in [-0.1, -0.05) is 76.6 Å². The minimum absolute atomic E-state index is 0.0220. The molecule has 0 saturated carbocycles. The molecule has 1 aliphatic rings. The van der Waals surface area contributed by atoms with E-state index in [1.165, 1.54) is 0 Å². The van der Waals surface area contributed by atoms with Crippen LogP contribution in [0.1, 0.15) is 11.1 Å². The lowest BCUT2D eigenvalue weighted by Gasteiger charge is -2.42. The Kier molecular flexibility index (Phi) is 7.07. The summed E-state index contributed by atoms with van der Waals surface area (Å²) in [5.41, 5.74) is 1.61. The zero-order valence-corrected chi connectivity index (χ0v) is 16.9. The quantitative estimate of drug-likeness (QED) is 0.385. The molecule has 0 spiro atoms. The van der Waals surface area contributed by atoms with Crippen molar-refractivity contribution in [2.24, 2.45) is 0 Å². The number of alkyl carbamates (subject to hydrolysis) is 1. The molecule has 2 aromatic rings. The van der Waals surface area contributed by atoms with Crippen molar-refractivity contribution >= 4 is 34.1 Å². The summed E-state index contributed by atoms with van der Waals surface area (Å²) in [6.45, 7) is 0.104. The van der Waals surface area contributed by atoms with Crippen LogP contribution in [0.5, 0.6) is 0 Å². The van der Waals surface area contributed by atoms with Crippen LogP contribution in [0.25, 0.3) is 0 Å². The number of amides is 2. The Balaban J connectivity index is 1.44. The molecule has 29 heavy (non-hydrogen) atoms. The van der Waals surface area contributed by atoms with E-state index < -0.39 is 30.2 Å². The number of nitrogens with one attached hydrogen (secondary N) is 1. The van der Waals surface area contributed by atoms with Gasteiger partial charge in [0.2, 0.25) is 0 Å². The topological polar surface area (TPSA) is 94.2 Å². The number of benzene rings is 2. The maximum Gasteiger partial charge on any atom is 0.533 e. The Morgan fingerprint density at radius 2 is 1.48 bits per heavy atom. The number of rotatable bonds is 7. The van der Waals surface area contributed by atoms with E-state index >= 15 is 0 Å². The third kappa shape index (κ3) is 5.47. The Labute approximate surface area is 175 Å². The molecule has 0 radical (unpaired) electrons.